The van der Waals surface area contributed by atoms with E-state index < -0.39 is 0 Å². The van der Waals surface area contributed by atoms with Crippen LogP contribution in [0, 0.1) is 13.8 Å². The molecule has 1 unspecified atom stereocenters. The number of carbonyl (C=O) groups excluding carboxylic acids is 1. The van der Waals surface area contributed by atoms with Gasteiger partial charge in [0.2, 0.25) is 17.6 Å². The zero-order valence-corrected chi connectivity index (χ0v) is 15.6. The zero-order chi connectivity index (χ0) is 18.8. The smallest absolute Gasteiger partial charge is 0.238 e. The van der Waals surface area contributed by atoms with Crippen LogP contribution < -0.4 is 0 Å². The number of rotatable bonds is 5. The van der Waals surface area contributed by atoms with E-state index in [4.69, 9.17) is 8.94 Å². The fourth-order valence-corrected chi connectivity index (χ4v) is 3.60. The number of hydrogen-bond acceptors (Lipinski definition) is 5. The molecule has 0 spiro atoms. The first-order chi connectivity index (χ1) is 13.1. The average molecular weight is 365 g/mol. The van der Waals surface area contributed by atoms with Gasteiger partial charge in [-0.3, -0.25) is 4.79 Å². The van der Waals surface area contributed by atoms with Crippen molar-refractivity contribution in [2.75, 3.05) is 6.54 Å². The lowest BCUT2D eigenvalue weighted by atomic mass is 9.99. The van der Waals surface area contributed by atoms with Crippen molar-refractivity contribution in [1.82, 2.24) is 15.0 Å². The van der Waals surface area contributed by atoms with Gasteiger partial charge in [0.1, 0.15) is 0 Å². The van der Waals surface area contributed by atoms with Gasteiger partial charge in [0.05, 0.1) is 12.3 Å². The Bertz CT molecular complexity index is 930. The summed E-state index contributed by atoms with van der Waals surface area (Å²) >= 11 is 0. The van der Waals surface area contributed by atoms with Crippen LogP contribution in [0.2, 0.25) is 0 Å². The summed E-state index contributed by atoms with van der Waals surface area (Å²) in [7, 11) is 0. The number of furan rings is 1. The predicted octanol–water partition coefficient (Wildman–Crippen LogP) is 4.24. The van der Waals surface area contributed by atoms with Crippen LogP contribution in [-0.2, 0) is 11.2 Å². The van der Waals surface area contributed by atoms with Gasteiger partial charge in [-0.1, -0.05) is 23.4 Å². The van der Waals surface area contributed by atoms with Gasteiger partial charge in [0, 0.05) is 19.4 Å². The van der Waals surface area contributed by atoms with Gasteiger partial charge < -0.3 is 13.8 Å². The Labute approximate surface area is 158 Å². The zero-order valence-electron chi connectivity index (χ0n) is 15.6. The maximum atomic E-state index is 12.8. The number of nitrogens with zero attached hydrogens (tertiary/aromatic N) is 3. The third-order valence-electron chi connectivity index (χ3n) is 5.25. The van der Waals surface area contributed by atoms with E-state index in [1.165, 1.54) is 16.7 Å². The normalized spacial score (nSPS) is 16.8. The van der Waals surface area contributed by atoms with E-state index >= 15 is 0 Å². The van der Waals surface area contributed by atoms with Gasteiger partial charge in [0.25, 0.3) is 0 Å². The molecule has 140 valence electrons. The third kappa shape index (κ3) is 3.65. The van der Waals surface area contributed by atoms with Crippen LogP contribution in [0.15, 0.2) is 45.5 Å². The molecule has 1 aliphatic heterocycles. The number of benzene rings is 1. The van der Waals surface area contributed by atoms with Gasteiger partial charge in [-0.2, -0.15) is 4.98 Å². The highest BCUT2D eigenvalue weighted by molar-refractivity contribution is 5.77. The molecule has 1 aliphatic rings. The quantitative estimate of drug-likeness (QED) is 0.676. The van der Waals surface area contributed by atoms with E-state index in [1.54, 1.807) is 18.4 Å². The third-order valence-corrected chi connectivity index (χ3v) is 5.25. The molecule has 0 N–H and O–H groups in total. The summed E-state index contributed by atoms with van der Waals surface area (Å²) in [6.07, 6.45) is 4.41. The van der Waals surface area contributed by atoms with Crippen molar-refractivity contribution in [2.24, 2.45) is 0 Å². The van der Waals surface area contributed by atoms with E-state index in [0.29, 0.717) is 30.3 Å². The molecule has 3 heterocycles. The Morgan fingerprint density at radius 2 is 2.15 bits per heavy atom. The molecule has 2 aromatic heterocycles. The summed E-state index contributed by atoms with van der Waals surface area (Å²) in [6.45, 7) is 5.03. The van der Waals surface area contributed by atoms with E-state index in [1.807, 2.05) is 4.90 Å². The van der Waals surface area contributed by atoms with Crippen LogP contribution in [0.4, 0.5) is 0 Å². The molecule has 1 saturated heterocycles. The van der Waals surface area contributed by atoms with Crippen LogP contribution in [-0.4, -0.2) is 27.5 Å². The SMILES string of the molecule is Cc1ccc(C2CCCN2C(=O)CCc2nc(-c3ccco3)no2)cc1C. The molecule has 0 saturated carbocycles. The second-order valence-corrected chi connectivity index (χ2v) is 7.08. The van der Waals surface area contributed by atoms with E-state index in [-0.39, 0.29) is 11.9 Å². The van der Waals surface area contributed by atoms with Gasteiger partial charge in [0.15, 0.2) is 5.76 Å². The van der Waals surface area contributed by atoms with Gasteiger partial charge in [-0.15, -0.1) is 0 Å². The lowest BCUT2D eigenvalue weighted by Gasteiger charge is -2.25. The maximum Gasteiger partial charge on any atom is 0.238 e. The van der Waals surface area contributed by atoms with Gasteiger partial charge in [-0.25, -0.2) is 0 Å². The highest BCUT2D eigenvalue weighted by atomic mass is 16.5. The lowest BCUT2D eigenvalue weighted by Crippen LogP contribution is -2.30. The van der Waals surface area contributed by atoms with Crippen LogP contribution in [0.1, 0.15) is 47.9 Å². The summed E-state index contributed by atoms with van der Waals surface area (Å²) in [5.74, 6) is 1.56. The molecule has 1 atom stereocenters. The monoisotopic (exact) mass is 365 g/mol. The standard InChI is InChI=1S/C21H23N3O3/c1-14-7-8-16(13-15(14)2)17-5-3-11-24(17)20(25)10-9-19-22-21(23-27-19)18-6-4-12-26-18/h4,6-8,12-13,17H,3,5,9-11H2,1-2H3. The number of carbonyl (C=O) groups is 1. The highest BCUT2D eigenvalue weighted by Gasteiger charge is 2.30. The Balaban J connectivity index is 1.41. The molecular weight excluding hydrogens is 342 g/mol. The molecule has 0 aliphatic carbocycles. The van der Waals surface area contributed by atoms with Crippen molar-refractivity contribution in [3.8, 4) is 11.6 Å². The molecular formula is C21H23N3O3. The summed E-state index contributed by atoms with van der Waals surface area (Å²) < 4.78 is 10.5. The minimum absolute atomic E-state index is 0.133. The first-order valence-corrected chi connectivity index (χ1v) is 9.35. The van der Waals surface area contributed by atoms with E-state index in [9.17, 15) is 4.79 Å². The van der Waals surface area contributed by atoms with Crippen LogP contribution in [0.3, 0.4) is 0 Å². The fourth-order valence-electron chi connectivity index (χ4n) is 3.60. The molecule has 1 amide bonds. The molecule has 1 aromatic carbocycles. The highest BCUT2D eigenvalue weighted by Crippen LogP contribution is 2.33. The van der Waals surface area contributed by atoms with Gasteiger partial charge in [-0.05, 0) is 55.5 Å². The average Bonchev–Trinajstić information content (AvgIpc) is 3.42. The van der Waals surface area contributed by atoms with Gasteiger partial charge >= 0.3 is 0 Å². The Morgan fingerprint density at radius 3 is 2.93 bits per heavy atom. The first kappa shape index (κ1) is 17.5. The van der Waals surface area contributed by atoms with E-state index in [2.05, 4.69) is 42.2 Å². The van der Waals surface area contributed by atoms with Crippen molar-refractivity contribution >= 4 is 5.91 Å². The molecule has 6 nitrogen and oxygen atoms in total. The Hall–Kier alpha value is -2.89. The van der Waals surface area contributed by atoms with Crippen molar-refractivity contribution in [3.63, 3.8) is 0 Å². The topological polar surface area (TPSA) is 72.4 Å². The second kappa shape index (κ2) is 7.39. The van der Waals surface area contributed by atoms with Crippen molar-refractivity contribution in [3.05, 3.63) is 59.2 Å². The predicted molar refractivity (Wildman–Crippen MR) is 99.9 cm³/mol. The van der Waals surface area contributed by atoms with Crippen molar-refractivity contribution in [2.45, 2.75) is 45.6 Å². The number of amides is 1. The molecule has 1 fully saturated rings. The Kier molecular flexibility index (Phi) is 4.79. The minimum Gasteiger partial charge on any atom is -0.461 e. The van der Waals surface area contributed by atoms with Crippen molar-refractivity contribution in [1.29, 1.82) is 0 Å². The van der Waals surface area contributed by atoms with Crippen LogP contribution >= 0.6 is 0 Å². The molecule has 3 aromatic rings. The number of hydrogen-bond donors (Lipinski definition) is 0. The molecule has 4 rings (SSSR count). The molecule has 0 radical (unpaired) electrons. The summed E-state index contributed by atoms with van der Waals surface area (Å²) in [5.41, 5.74) is 3.77. The van der Waals surface area contributed by atoms with Crippen molar-refractivity contribution < 1.29 is 13.7 Å². The van der Waals surface area contributed by atoms with Crippen LogP contribution in [0.25, 0.3) is 11.6 Å². The van der Waals surface area contributed by atoms with E-state index in [0.717, 1.165) is 19.4 Å². The fraction of sp³-hybridized carbons (Fsp3) is 0.381. The molecule has 27 heavy (non-hydrogen) atoms. The summed E-state index contributed by atoms with van der Waals surface area (Å²) in [6, 6.07) is 10.2. The minimum atomic E-state index is 0.133. The number of aryl methyl sites for hydroxylation is 3. The summed E-state index contributed by atoms with van der Waals surface area (Å²) in [5, 5.41) is 3.91. The molecule has 6 heteroatoms. The maximum absolute atomic E-state index is 12.8. The Morgan fingerprint density at radius 1 is 1.26 bits per heavy atom. The first-order valence-electron chi connectivity index (χ1n) is 9.35. The van der Waals surface area contributed by atoms with Crippen LogP contribution in [0.5, 0.6) is 0 Å². The second-order valence-electron chi connectivity index (χ2n) is 7.08. The summed E-state index contributed by atoms with van der Waals surface area (Å²) in [4.78, 5) is 19.1. The lowest BCUT2D eigenvalue weighted by molar-refractivity contribution is -0.132. The number of likely N-dealkylation sites (tertiary alicyclic amines) is 1. The molecule has 0 bridgehead atoms. The number of aromatic nitrogens is 2. The largest absolute Gasteiger partial charge is 0.461 e.